The third-order valence-corrected chi connectivity index (χ3v) is 0. The average molecular weight is 105 g/mol. The van der Waals surface area contributed by atoms with Gasteiger partial charge in [0.25, 0.3) is 0 Å². The molecule has 0 amide bonds. The molecular formula is C3H9SSi. The summed E-state index contributed by atoms with van der Waals surface area (Å²) < 4.78 is 0. The monoisotopic (exact) mass is 105 g/mol. The first-order valence-corrected chi connectivity index (χ1v) is 6.34. The van der Waals surface area contributed by atoms with Gasteiger partial charge in [0.2, 0.25) is 0 Å². The van der Waals surface area contributed by atoms with E-state index in [1.807, 2.05) is 0 Å². The van der Waals surface area contributed by atoms with Crippen LogP contribution in [-0.4, -0.2) is 7.22 Å². The molecule has 0 spiro atoms. The van der Waals surface area contributed by atoms with Crippen molar-refractivity contribution >= 4 is 19.3 Å². The number of hydrogen-bond acceptors (Lipinski definition) is 0. The molecule has 31 valence electrons. The summed E-state index contributed by atoms with van der Waals surface area (Å²) in [6, 6.07) is 0. The molecule has 0 nitrogen and oxygen atoms in total. The van der Waals surface area contributed by atoms with Gasteiger partial charge in [-0.1, -0.05) is 19.6 Å². The summed E-state index contributed by atoms with van der Waals surface area (Å²) >= 11 is 4.97. The molecule has 5 heavy (non-hydrogen) atoms. The minimum atomic E-state index is -1.03. The van der Waals surface area contributed by atoms with Crippen molar-refractivity contribution in [2.75, 3.05) is 0 Å². The molecule has 0 aliphatic rings. The first-order chi connectivity index (χ1) is 2.00. The van der Waals surface area contributed by atoms with E-state index in [-0.39, 0.29) is 0 Å². The van der Waals surface area contributed by atoms with Gasteiger partial charge in [0.05, 0.1) is 0 Å². The van der Waals surface area contributed by atoms with E-state index in [9.17, 15) is 0 Å². The smallest absolute Gasteiger partial charge is 0.121 e. The zero-order valence-electron chi connectivity index (χ0n) is 3.91. The van der Waals surface area contributed by atoms with Crippen LogP contribution in [0.5, 0.6) is 0 Å². The highest BCUT2D eigenvalue weighted by Crippen LogP contribution is 2.02. The fraction of sp³-hybridized carbons (Fsp3) is 1.00. The maximum atomic E-state index is 4.97. The molecule has 0 atom stereocenters. The zero-order chi connectivity index (χ0) is 4.50. The quantitative estimate of drug-likeness (QED) is 0.413. The van der Waals surface area contributed by atoms with Crippen LogP contribution in [0.2, 0.25) is 19.6 Å². The SMILES string of the molecule is C[Si](C)(C)[S]. The Morgan fingerprint density at radius 2 is 1.20 bits per heavy atom. The summed E-state index contributed by atoms with van der Waals surface area (Å²) in [5, 5.41) is 0. The van der Waals surface area contributed by atoms with Crippen LogP contribution in [0.3, 0.4) is 0 Å². The summed E-state index contributed by atoms with van der Waals surface area (Å²) in [7, 11) is -1.03. The molecule has 0 unspecified atom stereocenters. The maximum absolute atomic E-state index is 4.97. The van der Waals surface area contributed by atoms with Crippen LogP contribution < -0.4 is 0 Å². The molecule has 0 aromatic carbocycles. The Bertz CT molecular complexity index is 22.4. The summed E-state index contributed by atoms with van der Waals surface area (Å²) in [5.74, 6) is 0. The lowest BCUT2D eigenvalue weighted by molar-refractivity contribution is 1.88. The molecule has 0 aliphatic carbocycles. The van der Waals surface area contributed by atoms with Crippen LogP contribution in [0.25, 0.3) is 0 Å². The highest BCUT2D eigenvalue weighted by atomic mass is 32.3. The fourth-order valence-corrected chi connectivity index (χ4v) is 0. The topological polar surface area (TPSA) is 0 Å². The van der Waals surface area contributed by atoms with Crippen LogP contribution in [0.4, 0.5) is 0 Å². The summed E-state index contributed by atoms with van der Waals surface area (Å²) in [5.41, 5.74) is 0. The molecule has 0 fully saturated rings. The molecule has 0 N–H and O–H groups in total. The van der Waals surface area contributed by atoms with Crippen LogP contribution in [0.15, 0.2) is 0 Å². The lowest BCUT2D eigenvalue weighted by Crippen LogP contribution is -2.06. The van der Waals surface area contributed by atoms with Crippen molar-refractivity contribution in [2.24, 2.45) is 0 Å². The summed E-state index contributed by atoms with van der Waals surface area (Å²) in [6.45, 7) is 6.42. The van der Waals surface area contributed by atoms with Crippen LogP contribution in [0.1, 0.15) is 0 Å². The van der Waals surface area contributed by atoms with Gasteiger partial charge in [0.1, 0.15) is 7.22 Å². The summed E-state index contributed by atoms with van der Waals surface area (Å²) in [4.78, 5) is 0. The maximum Gasteiger partial charge on any atom is 0.121 e. The Morgan fingerprint density at radius 1 is 1.20 bits per heavy atom. The Morgan fingerprint density at radius 3 is 1.20 bits per heavy atom. The number of hydrogen-bond donors (Lipinski definition) is 0. The zero-order valence-corrected chi connectivity index (χ0v) is 5.72. The van der Waals surface area contributed by atoms with Gasteiger partial charge in [-0.3, -0.25) is 0 Å². The van der Waals surface area contributed by atoms with Crippen molar-refractivity contribution in [3.05, 3.63) is 0 Å². The molecule has 1 radical (unpaired) electrons. The molecule has 0 saturated carbocycles. The van der Waals surface area contributed by atoms with Crippen molar-refractivity contribution in [2.45, 2.75) is 19.6 Å². The van der Waals surface area contributed by atoms with E-state index >= 15 is 0 Å². The van der Waals surface area contributed by atoms with E-state index in [2.05, 4.69) is 19.6 Å². The highest BCUT2D eigenvalue weighted by molar-refractivity contribution is 8.14. The molecule has 0 rings (SSSR count). The molecule has 0 saturated heterocycles. The van der Waals surface area contributed by atoms with Crippen molar-refractivity contribution in [1.29, 1.82) is 0 Å². The summed E-state index contributed by atoms with van der Waals surface area (Å²) in [6.07, 6.45) is 0. The normalized spacial score (nSPS) is 12.0. The van der Waals surface area contributed by atoms with E-state index in [1.54, 1.807) is 0 Å². The molecule has 0 aromatic heterocycles. The predicted octanol–water partition coefficient (Wildman–Crippen LogP) is 2.02. The van der Waals surface area contributed by atoms with Gasteiger partial charge in [0, 0.05) is 0 Å². The van der Waals surface area contributed by atoms with Crippen LogP contribution in [0, 0.1) is 0 Å². The first kappa shape index (κ1) is 5.57. The van der Waals surface area contributed by atoms with Crippen molar-refractivity contribution < 1.29 is 0 Å². The van der Waals surface area contributed by atoms with Crippen molar-refractivity contribution in [1.82, 2.24) is 0 Å². The van der Waals surface area contributed by atoms with Gasteiger partial charge in [-0.2, -0.15) is 0 Å². The van der Waals surface area contributed by atoms with Gasteiger partial charge in [-0.05, 0) is 0 Å². The number of rotatable bonds is 0. The van der Waals surface area contributed by atoms with Gasteiger partial charge in [-0.15, -0.1) is 12.1 Å². The van der Waals surface area contributed by atoms with Crippen molar-refractivity contribution in [3.63, 3.8) is 0 Å². The minimum absolute atomic E-state index is 1.03. The highest BCUT2D eigenvalue weighted by Gasteiger charge is 2.03. The third kappa shape index (κ3) is 93.6. The van der Waals surface area contributed by atoms with E-state index in [1.165, 1.54) is 0 Å². The van der Waals surface area contributed by atoms with Gasteiger partial charge in [-0.25, -0.2) is 0 Å². The second-order valence-electron chi connectivity index (χ2n) is 2.11. The molecule has 2 heteroatoms. The fourth-order valence-electron chi connectivity index (χ4n) is 0. The molecule has 0 heterocycles. The van der Waals surface area contributed by atoms with Crippen LogP contribution in [-0.2, 0) is 0 Å². The van der Waals surface area contributed by atoms with E-state index in [0.717, 1.165) is 0 Å². The third-order valence-electron chi connectivity index (χ3n) is 0. The van der Waals surface area contributed by atoms with Gasteiger partial charge in [0.15, 0.2) is 0 Å². The lowest BCUT2D eigenvalue weighted by Gasteiger charge is -1.98. The van der Waals surface area contributed by atoms with Crippen LogP contribution >= 0.6 is 12.1 Å². The van der Waals surface area contributed by atoms with E-state index < -0.39 is 7.22 Å². The molecule has 0 aromatic rings. The molecular weight excluding hydrogens is 96.2 g/mol. The Hall–Kier alpha value is 0.567. The lowest BCUT2D eigenvalue weighted by atomic mass is 11.8. The van der Waals surface area contributed by atoms with E-state index in [4.69, 9.17) is 12.1 Å². The standard InChI is InChI=1S/C3H9SSi/c1-5(2,3)4/h1-3H3. The largest absolute Gasteiger partial charge is 0.128 e. The Balaban J connectivity index is 3.02. The van der Waals surface area contributed by atoms with Crippen molar-refractivity contribution in [3.8, 4) is 0 Å². The minimum Gasteiger partial charge on any atom is -0.128 e. The first-order valence-electron chi connectivity index (χ1n) is 1.70. The Kier molecular flexibility index (Phi) is 1.50. The molecule has 0 aliphatic heterocycles. The molecule has 0 bridgehead atoms. The van der Waals surface area contributed by atoms with Gasteiger partial charge < -0.3 is 0 Å². The second-order valence-corrected chi connectivity index (χ2v) is 10.0. The second kappa shape index (κ2) is 1.35. The average Bonchev–Trinajstić information content (AvgIpc) is 0.722. The Labute approximate surface area is 39.6 Å². The van der Waals surface area contributed by atoms with Gasteiger partial charge >= 0.3 is 0 Å². The predicted molar refractivity (Wildman–Crippen MR) is 30.9 cm³/mol. The van der Waals surface area contributed by atoms with E-state index in [0.29, 0.717) is 0 Å².